The van der Waals surface area contributed by atoms with Crippen molar-refractivity contribution < 1.29 is 0 Å². The predicted molar refractivity (Wildman–Crippen MR) is 95.5 cm³/mol. The Kier molecular flexibility index (Phi) is 5.54. The molecule has 2 aliphatic carbocycles. The molecule has 3 N–H and O–H groups in total. The van der Waals surface area contributed by atoms with E-state index in [9.17, 15) is 0 Å². The van der Waals surface area contributed by atoms with E-state index in [2.05, 4.69) is 38.4 Å². The van der Waals surface area contributed by atoms with Crippen molar-refractivity contribution in [1.82, 2.24) is 5.32 Å². The molecule has 0 radical (unpaired) electrons. The van der Waals surface area contributed by atoms with Crippen molar-refractivity contribution in [3.8, 4) is 0 Å². The molecule has 0 aliphatic heterocycles. The van der Waals surface area contributed by atoms with Gasteiger partial charge in [-0.15, -0.1) is 35.3 Å². The minimum atomic E-state index is 0. The van der Waals surface area contributed by atoms with Crippen LogP contribution in [0.4, 0.5) is 0 Å². The van der Waals surface area contributed by atoms with E-state index in [1.54, 1.807) is 0 Å². The summed E-state index contributed by atoms with van der Waals surface area (Å²) in [6.07, 6.45) is 5.19. The van der Waals surface area contributed by atoms with Crippen molar-refractivity contribution in [1.29, 1.82) is 0 Å². The van der Waals surface area contributed by atoms with Gasteiger partial charge >= 0.3 is 0 Å². The molecule has 3 nitrogen and oxygen atoms in total. The van der Waals surface area contributed by atoms with Gasteiger partial charge in [0.05, 0.1) is 3.79 Å². The Morgan fingerprint density at radius 3 is 2.84 bits per heavy atom. The fourth-order valence-corrected chi connectivity index (χ4v) is 3.94. The fraction of sp³-hybridized carbons (Fsp3) is 0.615. The van der Waals surface area contributed by atoms with Gasteiger partial charge in [-0.3, -0.25) is 4.99 Å². The molecule has 0 spiro atoms. The van der Waals surface area contributed by atoms with Crippen LogP contribution in [0.25, 0.3) is 0 Å². The summed E-state index contributed by atoms with van der Waals surface area (Å²) in [5, 5.41) is 3.33. The first-order valence-electron chi connectivity index (χ1n) is 6.54. The lowest BCUT2D eigenvalue weighted by Gasteiger charge is -2.23. The van der Waals surface area contributed by atoms with E-state index in [4.69, 9.17) is 5.73 Å². The van der Waals surface area contributed by atoms with Gasteiger partial charge in [0.15, 0.2) is 5.96 Å². The van der Waals surface area contributed by atoms with E-state index >= 15 is 0 Å². The van der Waals surface area contributed by atoms with E-state index in [-0.39, 0.29) is 24.0 Å². The number of guanidine groups is 1. The maximum Gasteiger partial charge on any atom is 0.188 e. The molecule has 1 aromatic heterocycles. The fourth-order valence-electron chi connectivity index (χ4n) is 2.33. The maximum atomic E-state index is 5.92. The van der Waals surface area contributed by atoms with Crippen LogP contribution in [0.3, 0.4) is 0 Å². The van der Waals surface area contributed by atoms with Gasteiger partial charge in [0.25, 0.3) is 0 Å². The molecule has 3 rings (SSSR count). The summed E-state index contributed by atoms with van der Waals surface area (Å²) in [5.41, 5.74) is 5.92. The highest BCUT2D eigenvalue weighted by Crippen LogP contribution is 2.44. The second kappa shape index (κ2) is 6.76. The van der Waals surface area contributed by atoms with E-state index in [0.29, 0.717) is 17.9 Å². The van der Waals surface area contributed by atoms with Crippen LogP contribution in [-0.4, -0.2) is 18.5 Å². The van der Waals surface area contributed by atoms with Crippen molar-refractivity contribution in [2.24, 2.45) is 16.6 Å². The summed E-state index contributed by atoms with van der Waals surface area (Å²) in [6.45, 7) is 0.904. The normalized spacial score (nSPS) is 26.5. The van der Waals surface area contributed by atoms with E-state index in [0.717, 1.165) is 12.5 Å². The highest BCUT2D eigenvalue weighted by molar-refractivity contribution is 14.0. The standard InChI is InChI=1S/C13H18BrN3S.HI/c14-12-5-4-11(18-12)9-6-10(9)17-13(15)16-7-8-2-1-3-8;/h4-5,8-10H,1-3,6-7H2,(H3,15,16,17);1H/t9-,10-;/m1./s1. The number of rotatable bonds is 4. The van der Waals surface area contributed by atoms with Crippen LogP contribution in [0.1, 0.15) is 36.5 Å². The molecule has 6 heteroatoms. The number of nitrogens with one attached hydrogen (secondary N) is 1. The van der Waals surface area contributed by atoms with Crippen molar-refractivity contribution in [3.05, 3.63) is 20.8 Å². The summed E-state index contributed by atoms with van der Waals surface area (Å²) in [5.74, 6) is 2.04. The summed E-state index contributed by atoms with van der Waals surface area (Å²) in [4.78, 5) is 5.87. The summed E-state index contributed by atoms with van der Waals surface area (Å²) >= 11 is 5.32. The number of aliphatic imine (C=N–C) groups is 1. The van der Waals surface area contributed by atoms with Gasteiger partial charge in [0.1, 0.15) is 0 Å². The zero-order valence-electron chi connectivity index (χ0n) is 10.6. The second-order valence-electron chi connectivity index (χ2n) is 5.26. The number of nitrogens with zero attached hydrogens (tertiary/aromatic N) is 1. The quantitative estimate of drug-likeness (QED) is 0.413. The van der Waals surface area contributed by atoms with Crippen LogP contribution in [0.2, 0.25) is 0 Å². The van der Waals surface area contributed by atoms with E-state index < -0.39 is 0 Å². The minimum Gasteiger partial charge on any atom is -0.370 e. The number of nitrogens with two attached hydrogens (primary N) is 1. The first-order chi connectivity index (χ1) is 8.72. The number of halogens is 2. The van der Waals surface area contributed by atoms with Gasteiger partial charge < -0.3 is 11.1 Å². The van der Waals surface area contributed by atoms with Crippen LogP contribution in [0.15, 0.2) is 20.9 Å². The van der Waals surface area contributed by atoms with Gasteiger partial charge in [-0.25, -0.2) is 0 Å². The van der Waals surface area contributed by atoms with Crippen LogP contribution in [0, 0.1) is 5.92 Å². The number of hydrogen-bond donors (Lipinski definition) is 2. The molecule has 1 aromatic rings. The molecule has 1 heterocycles. The SMILES string of the molecule is I.NC(=NCC1CCC1)N[C@@H]1C[C@H]1c1ccc(Br)s1. The Balaban J connectivity index is 0.00000133. The molecule has 2 fully saturated rings. The molecule has 0 unspecified atom stereocenters. The zero-order chi connectivity index (χ0) is 12.5. The lowest BCUT2D eigenvalue weighted by molar-refractivity contribution is 0.326. The molecule has 2 aliphatic rings. The molecule has 0 aromatic carbocycles. The third kappa shape index (κ3) is 4.07. The average molecular weight is 456 g/mol. The largest absolute Gasteiger partial charge is 0.370 e. The molecule has 19 heavy (non-hydrogen) atoms. The van der Waals surface area contributed by atoms with E-state index in [1.165, 1.54) is 34.3 Å². The third-order valence-electron chi connectivity index (χ3n) is 3.83. The van der Waals surface area contributed by atoms with E-state index in [1.807, 2.05) is 11.3 Å². The smallest absolute Gasteiger partial charge is 0.188 e. The lowest BCUT2D eigenvalue weighted by Crippen LogP contribution is -2.34. The Labute approximate surface area is 143 Å². The molecule has 106 valence electrons. The molecule has 0 saturated heterocycles. The molecule has 2 saturated carbocycles. The molecule has 0 amide bonds. The predicted octanol–water partition coefficient (Wildman–Crippen LogP) is 3.69. The highest BCUT2D eigenvalue weighted by Gasteiger charge is 2.39. The summed E-state index contributed by atoms with van der Waals surface area (Å²) in [7, 11) is 0. The van der Waals surface area contributed by atoms with Gasteiger partial charge in [-0.05, 0) is 53.2 Å². The Bertz CT molecular complexity index is 458. The molecular formula is C13H19BrIN3S. The summed E-state index contributed by atoms with van der Waals surface area (Å²) < 4.78 is 1.20. The molecular weight excluding hydrogens is 437 g/mol. The lowest BCUT2D eigenvalue weighted by atomic mass is 9.86. The van der Waals surface area contributed by atoms with Gasteiger partial charge in [0.2, 0.25) is 0 Å². The van der Waals surface area contributed by atoms with Crippen molar-refractivity contribution >= 4 is 57.2 Å². The third-order valence-corrected chi connectivity index (χ3v) is 5.58. The van der Waals surface area contributed by atoms with Gasteiger partial charge in [0, 0.05) is 23.4 Å². The number of thiophene rings is 1. The van der Waals surface area contributed by atoms with Crippen molar-refractivity contribution in [2.75, 3.05) is 6.54 Å². The van der Waals surface area contributed by atoms with Gasteiger partial charge in [-0.2, -0.15) is 0 Å². The maximum absolute atomic E-state index is 5.92. The topological polar surface area (TPSA) is 50.4 Å². The first-order valence-corrected chi connectivity index (χ1v) is 8.15. The van der Waals surface area contributed by atoms with Gasteiger partial charge in [-0.1, -0.05) is 6.42 Å². The Morgan fingerprint density at radius 2 is 2.26 bits per heavy atom. The van der Waals surface area contributed by atoms with Crippen LogP contribution < -0.4 is 11.1 Å². The van der Waals surface area contributed by atoms with Crippen molar-refractivity contribution in [2.45, 2.75) is 37.6 Å². The Morgan fingerprint density at radius 1 is 1.47 bits per heavy atom. The highest BCUT2D eigenvalue weighted by atomic mass is 127. The van der Waals surface area contributed by atoms with Crippen LogP contribution in [0.5, 0.6) is 0 Å². The van der Waals surface area contributed by atoms with Crippen LogP contribution >= 0.6 is 51.2 Å². The van der Waals surface area contributed by atoms with Crippen LogP contribution in [-0.2, 0) is 0 Å². The Hall–Kier alpha value is 0.180. The number of hydrogen-bond acceptors (Lipinski definition) is 2. The first kappa shape index (κ1) is 15.6. The molecule has 2 atom stereocenters. The van der Waals surface area contributed by atoms with Crippen molar-refractivity contribution in [3.63, 3.8) is 0 Å². The molecule has 0 bridgehead atoms. The monoisotopic (exact) mass is 455 g/mol. The second-order valence-corrected chi connectivity index (χ2v) is 7.75. The zero-order valence-corrected chi connectivity index (χ0v) is 15.4. The average Bonchev–Trinajstić information content (AvgIpc) is 2.88. The minimum absolute atomic E-state index is 0. The summed E-state index contributed by atoms with van der Waals surface area (Å²) in [6, 6.07) is 4.80.